The predicted molar refractivity (Wildman–Crippen MR) is 330 cm³/mol. The standard InChI is InChI=1S/C43H48B18N2/c44-23-18(24(45)31(52)37(58)30(23)51)14-7-5-6-13(12-14)17-19-22(29(50)35(56)32(53)25(19)46)43(21(17)28(49)36(57)39(60)40(43)61)42(10-3-4-11-42)63-16-9-2-1-8-15(16)62-41(63)20-26(47)33(54)38(59)34(55)27(20)48/h1-12H,44-61H2. The second-order valence-corrected chi connectivity index (χ2v) is 19.6. The normalized spacial score (nSPS) is 17.6. The second-order valence-electron chi connectivity index (χ2n) is 19.6. The van der Waals surface area contributed by atoms with Gasteiger partial charge in [0.2, 0.25) is 0 Å². The first kappa shape index (κ1) is 43.7. The molecular weight excluding hydrogens is 739 g/mol. The zero-order chi connectivity index (χ0) is 45.5. The molecule has 5 aromatic carbocycles. The number of imidazole rings is 1. The molecule has 1 unspecified atom stereocenters. The molecule has 0 spiro atoms. The van der Waals surface area contributed by atoms with Gasteiger partial charge in [0.25, 0.3) is 0 Å². The third-order valence-electron chi connectivity index (χ3n) is 17.6. The topological polar surface area (TPSA) is 17.8 Å². The Morgan fingerprint density at radius 2 is 0.905 bits per heavy atom. The van der Waals surface area contributed by atoms with Gasteiger partial charge < -0.3 is 4.57 Å². The molecule has 284 valence electrons. The van der Waals surface area contributed by atoms with Crippen LogP contribution in [0.4, 0.5) is 0 Å². The van der Waals surface area contributed by atoms with E-state index in [1.165, 1.54) is 143 Å². The van der Waals surface area contributed by atoms with E-state index in [0.717, 1.165) is 16.9 Å². The summed E-state index contributed by atoms with van der Waals surface area (Å²) in [6.45, 7) is 0. The van der Waals surface area contributed by atoms with E-state index in [2.05, 4.69) is 219 Å². The van der Waals surface area contributed by atoms with Gasteiger partial charge in [0, 0.05) is 5.56 Å². The Kier molecular flexibility index (Phi) is 10.4. The fraction of sp³-hybridized carbons (Fsp3) is 0.0465. The first-order valence-corrected chi connectivity index (χ1v) is 23.1. The van der Waals surface area contributed by atoms with Crippen LogP contribution in [-0.4, -0.2) is 151 Å². The van der Waals surface area contributed by atoms with Crippen molar-refractivity contribution in [3.8, 4) is 22.5 Å². The Morgan fingerprint density at radius 3 is 1.48 bits per heavy atom. The van der Waals surface area contributed by atoms with Crippen molar-refractivity contribution < 1.29 is 0 Å². The van der Waals surface area contributed by atoms with Crippen LogP contribution in [0.25, 0.3) is 39.1 Å². The molecule has 2 nitrogen and oxygen atoms in total. The number of para-hydroxylation sites is 2. The first-order valence-electron chi connectivity index (χ1n) is 23.1. The van der Waals surface area contributed by atoms with Crippen molar-refractivity contribution in [2.75, 3.05) is 0 Å². The van der Waals surface area contributed by atoms with Crippen molar-refractivity contribution in [3.63, 3.8) is 0 Å². The molecule has 63 heavy (non-hydrogen) atoms. The van der Waals surface area contributed by atoms with E-state index in [4.69, 9.17) is 4.98 Å². The lowest BCUT2D eigenvalue weighted by atomic mass is 9.43. The van der Waals surface area contributed by atoms with Gasteiger partial charge in [-0.15, -0.1) is 54.6 Å². The largest absolute Gasteiger partial charge is 0.309 e. The van der Waals surface area contributed by atoms with Crippen LogP contribution in [0.1, 0.15) is 16.7 Å². The zero-order valence-corrected chi connectivity index (χ0v) is 41.3. The summed E-state index contributed by atoms with van der Waals surface area (Å²) in [5.74, 6) is 1.03. The van der Waals surface area contributed by atoms with Gasteiger partial charge in [0.15, 0.2) is 0 Å². The van der Waals surface area contributed by atoms with E-state index >= 15 is 0 Å². The summed E-state index contributed by atoms with van der Waals surface area (Å²) >= 11 is 0. The molecule has 0 bridgehead atoms. The van der Waals surface area contributed by atoms with Gasteiger partial charge in [-0.3, -0.25) is 0 Å². The number of nitrogens with zero attached hydrogens (tertiary/aromatic N) is 2. The van der Waals surface area contributed by atoms with Gasteiger partial charge in [0.05, 0.1) is 16.4 Å². The van der Waals surface area contributed by atoms with Crippen molar-refractivity contribution in [2.45, 2.75) is 11.0 Å². The van der Waals surface area contributed by atoms with Gasteiger partial charge in [0.1, 0.15) is 153 Å². The van der Waals surface area contributed by atoms with Crippen LogP contribution < -0.4 is 76.5 Å². The van der Waals surface area contributed by atoms with Crippen LogP contribution in [0.15, 0.2) is 100 Å². The fourth-order valence-electron chi connectivity index (χ4n) is 12.6. The molecule has 1 aromatic heterocycles. The number of rotatable bonds is 5. The number of allylic oxidation sites excluding steroid dienone is 9. The van der Waals surface area contributed by atoms with Crippen molar-refractivity contribution in [2.24, 2.45) is 0 Å². The summed E-state index contributed by atoms with van der Waals surface area (Å²) in [6, 6.07) is 18.4. The van der Waals surface area contributed by atoms with Crippen molar-refractivity contribution in [1.82, 2.24) is 9.55 Å². The summed E-state index contributed by atoms with van der Waals surface area (Å²) in [5.41, 5.74) is 36.2. The molecule has 0 aliphatic heterocycles. The van der Waals surface area contributed by atoms with E-state index in [1.54, 1.807) is 0 Å². The minimum Gasteiger partial charge on any atom is -0.309 e. The smallest absolute Gasteiger partial charge is 0.141 e. The maximum absolute atomic E-state index is 5.73. The average molecular weight is 787 g/mol. The molecule has 9 rings (SSSR count). The Bertz CT molecular complexity index is 3210. The van der Waals surface area contributed by atoms with Gasteiger partial charge in [-0.2, -0.15) is 0 Å². The van der Waals surface area contributed by atoms with E-state index in [9.17, 15) is 0 Å². The highest BCUT2D eigenvalue weighted by molar-refractivity contribution is 6.70. The molecular formula is C43H48B18N2. The van der Waals surface area contributed by atoms with E-state index in [1.807, 2.05) is 0 Å². The third kappa shape index (κ3) is 5.54. The highest BCUT2D eigenvalue weighted by atomic mass is 15.2. The van der Waals surface area contributed by atoms with Gasteiger partial charge >= 0.3 is 0 Å². The zero-order valence-electron chi connectivity index (χ0n) is 41.3. The maximum atomic E-state index is 5.73. The number of hydrogen-bond acceptors (Lipinski definition) is 1. The Balaban J connectivity index is 1.52. The van der Waals surface area contributed by atoms with Crippen molar-refractivity contribution in [1.29, 1.82) is 0 Å². The summed E-state index contributed by atoms with van der Waals surface area (Å²) in [6.07, 6.45) is 9.69. The summed E-state index contributed by atoms with van der Waals surface area (Å²) in [7, 11) is 42.1. The molecule has 1 atom stereocenters. The number of fused-ring (bicyclic) bond motifs is 4. The fourth-order valence-corrected chi connectivity index (χ4v) is 12.6. The monoisotopic (exact) mass is 791 g/mol. The molecule has 6 aromatic rings. The van der Waals surface area contributed by atoms with Crippen LogP contribution in [-0.2, 0) is 11.0 Å². The molecule has 3 aliphatic carbocycles. The van der Waals surface area contributed by atoms with Crippen molar-refractivity contribution in [3.05, 3.63) is 117 Å². The molecule has 3 aliphatic rings. The van der Waals surface area contributed by atoms with Crippen LogP contribution >= 0.6 is 0 Å². The Hall–Kier alpha value is -4.56. The number of hydrogen-bond donors (Lipinski definition) is 0. The SMILES string of the molecule is BC1=C(B)C2=C(c3cccc(-c4c(B)c(B)c(B)c(B)c4B)c3)c3c(B)c(B)c(B)c(B)c3C2(C2(n3c(-c4c(B)c(B)c(B)c(B)c4B)nc4ccccc43)C=CC=C2)C(B)=C1B. The molecule has 20 heteroatoms. The molecule has 0 saturated heterocycles. The lowest BCUT2D eigenvalue weighted by Gasteiger charge is -2.54. The Labute approximate surface area is 392 Å². The minimum absolute atomic E-state index is 0.629. The third-order valence-corrected chi connectivity index (χ3v) is 17.6. The van der Waals surface area contributed by atoms with Gasteiger partial charge in [-0.1, -0.05) is 98.4 Å². The second kappa shape index (κ2) is 15.0. The highest BCUT2D eigenvalue weighted by Gasteiger charge is 2.62. The quantitative estimate of drug-likeness (QED) is 0.159. The molecule has 0 N–H and O–H groups in total. The van der Waals surface area contributed by atoms with Gasteiger partial charge in [-0.25, -0.2) is 4.98 Å². The van der Waals surface area contributed by atoms with Crippen LogP contribution in [0.5, 0.6) is 0 Å². The first-order chi connectivity index (χ1) is 29.8. The summed E-state index contributed by atoms with van der Waals surface area (Å²) < 4.78 is 2.67. The highest BCUT2D eigenvalue weighted by Crippen LogP contribution is 2.65. The minimum atomic E-state index is -0.710. The van der Waals surface area contributed by atoms with Crippen molar-refractivity contribution >= 4 is 234 Å². The summed E-state index contributed by atoms with van der Waals surface area (Å²) in [4.78, 5) is 5.73. The van der Waals surface area contributed by atoms with E-state index < -0.39 is 11.0 Å². The molecule has 0 fully saturated rings. The predicted octanol–water partition coefficient (Wildman–Crippen LogP) is -18.5. The lowest BCUT2D eigenvalue weighted by Crippen LogP contribution is -2.60. The number of aromatic nitrogens is 2. The maximum Gasteiger partial charge on any atom is 0.141 e. The molecule has 0 saturated carbocycles. The van der Waals surface area contributed by atoms with Crippen LogP contribution in [0.2, 0.25) is 0 Å². The average Bonchev–Trinajstić information content (AvgIpc) is 4.01. The lowest BCUT2D eigenvalue weighted by molar-refractivity contribution is 0.348. The van der Waals surface area contributed by atoms with Crippen LogP contribution in [0, 0.1) is 0 Å². The Morgan fingerprint density at radius 1 is 0.429 bits per heavy atom. The van der Waals surface area contributed by atoms with Crippen LogP contribution in [0.3, 0.4) is 0 Å². The molecule has 0 amide bonds. The van der Waals surface area contributed by atoms with E-state index in [0.29, 0.717) is 0 Å². The summed E-state index contributed by atoms with van der Waals surface area (Å²) in [5, 5.41) is 0. The van der Waals surface area contributed by atoms with E-state index in [-0.39, 0.29) is 0 Å². The number of benzene rings is 5. The van der Waals surface area contributed by atoms with Gasteiger partial charge in [-0.05, 0) is 57.2 Å². The molecule has 0 radical (unpaired) electrons. The molecule has 1 heterocycles.